The molecule has 1 saturated carbocycles. The zero-order valence-corrected chi connectivity index (χ0v) is 19.0. The van der Waals surface area contributed by atoms with Crippen LogP contribution < -0.4 is 21.3 Å². The van der Waals surface area contributed by atoms with Crippen LogP contribution in [-0.2, 0) is 6.54 Å². The zero-order valence-electron chi connectivity index (χ0n) is 16.7. The third-order valence-corrected chi connectivity index (χ3v) is 4.34. The summed E-state index contributed by atoms with van der Waals surface area (Å²) in [5.41, 5.74) is 1.89. The fraction of sp³-hybridized carbons (Fsp3) is 0.600. The molecule has 0 aliphatic heterocycles. The van der Waals surface area contributed by atoms with E-state index in [1.165, 1.54) is 32.1 Å². The Labute approximate surface area is 180 Å². The molecule has 0 unspecified atom stereocenters. The molecule has 1 fully saturated rings. The molecule has 0 atom stereocenters. The number of nitrogens with one attached hydrogen (secondary N) is 4. The number of halogens is 1. The van der Waals surface area contributed by atoms with Gasteiger partial charge in [0.25, 0.3) is 0 Å². The molecule has 1 aliphatic carbocycles. The van der Waals surface area contributed by atoms with Gasteiger partial charge in [0, 0.05) is 24.3 Å². The second-order valence-electron chi connectivity index (χ2n) is 7.12. The number of hydrogen-bond acceptors (Lipinski definition) is 2. The number of amides is 2. The molecule has 0 radical (unpaired) electrons. The second-order valence-corrected chi connectivity index (χ2v) is 7.12. The quantitative estimate of drug-likeness (QED) is 0.276. The molecule has 6 nitrogen and oxygen atoms in total. The molecule has 152 valence electrons. The van der Waals surface area contributed by atoms with Crippen LogP contribution in [0.1, 0.15) is 58.4 Å². The lowest BCUT2D eigenvalue weighted by Crippen LogP contribution is -2.44. The fourth-order valence-corrected chi connectivity index (χ4v) is 3.05. The Morgan fingerprint density at radius 1 is 1.15 bits per heavy atom. The third-order valence-electron chi connectivity index (χ3n) is 4.34. The highest BCUT2D eigenvalue weighted by Crippen LogP contribution is 2.17. The van der Waals surface area contributed by atoms with Crippen molar-refractivity contribution in [2.45, 2.75) is 71.5 Å². The number of carbonyl (C=O) groups excluding carboxylic acids is 1. The smallest absolute Gasteiger partial charge is 0.319 e. The minimum atomic E-state index is -0.183. The molecular weight excluding hydrogens is 453 g/mol. The molecule has 27 heavy (non-hydrogen) atoms. The van der Waals surface area contributed by atoms with Gasteiger partial charge in [0.2, 0.25) is 0 Å². The SMILES string of the molecule is CCNC(=NCc1ccc(NC(=O)NC(C)C)cc1)NC1CCCCC1.I. The van der Waals surface area contributed by atoms with Crippen molar-refractivity contribution >= 4 is 41.7 Å². The highest BCUT2D eigenvalue weighted by Gasteiger charge is 2.14. The van der Waals surface area contributed by atoms with Crippen molar-refractivity contribution in [2.24, 2.45) is 4.99 Å². The molecule has 1 aliphatic rings. The number of anilines is 1. The summed E-state index contributed by atoms with van der Waals surface area (Å²) >= 11 is 0. The largest absolute Gasteiger partial charge is 0.357 e. The minimum absolute atomic E-state index is 0. The van der Waals surface area contributed by atoms with Crippen LogP contribution in [0.15, 0.2) is 29.3 Å². The summed E-state index contributed by atoms with van der Waals surface area (Å²) in [5, 5.41) is 12.5. The Morgan fingerprint density at radius 2 is 1.81 bits per heavy atom. The standard InChI is InChI=1S/C20H33N5O.HI/c1-4-21-19(24-17-8-6-5-7-9-17)22-14-16-10-12-18(13-11-16)25-20(26)23-15(2)3;/h10-13,15,17H,4-9,14H2,1-3H3,(H2,21,22,24)(H2,23,25,26);1H. The van der Waals surface area contributed by atoms with Gasteiger partial charge in [-0.15, -0.1) is 24.0 Å². The van der Waals surface area contributed by atoms with Crippen LogP contribution in [0.25, 0.3) is 0 Å². The first-order valence-corrected chi connectivity index (χ1v) is 9.78. The number of aliphatic imine (C=N–C) groups is 1. The van der Waals surface area contributed by atoms with Gasteiger partial charge in [-0.3, -0.25) is 0 Å². The molecule has 0 aromatic heterocycles. The summed E-state index contributed by atoms with van der Waals surface area (Å²) in [6, 6.07) is 8.28. The van der Waals surface area contributed by atoms with Crippen LogP contribution >= 0.6 is 24.0 Å². The second kappa shape index (κ2) is 12.8. The molecule has 1 aromatic rings. The summed E-state index contributed by atoms with van der Waals surface area (Å²) in [4.78, 5) is 16.4. The van der Waals surface area contributed by atoms with Gasteiger partial charge in [-0.1, -0.05) is 31.4 Å². The molecule has 4 N–H and O–H groups in total. The van der Waals surface area contributed by atoms with Crippen molar-refractivity contribution in [1.29, 1.82) is 0 Å². The lowest BCUT2D eigenvalue weighted by atomic mass is 9.96. The Morgan fingerprint density at radius 3 is 2.41 bits per heavy atom. The van der Waals surface area contributed by atoms with E-state index in [4.69, 9.17) is 4.99 Å². The topological polar surface area (TPSA) is 77.5 Å². The van der Waals surface area contributed by atoms with Crippen LogP contribution in [-0.4, -0.2) is 30.6 Å². The van der Waals surface area contributed by atoms with Gasteiger partial charge in [-0.25, -0.2) is 9.79 Å². The molecule has 7 heteroatoms. The van der Waals surface area contributed by atoms with E-state index in [0.29, 0.717) is 12.6 Å². The average molecular weight is 487 g/mol. The number of nitrogens with zero attached hydrogens (tertiary/aromatic N) is 1. The predicted octanol–water partition coefficient (Wildman–Crippen LogP) is 4.22. The van der Waals surface area contributed by atoms with Crippen molar-refractivity contribution < 1.29 is 4.79 Å². The average Bonchev–Trinajstić information content (AvgIpc) is 2.61. The number of guanidine groups is 1. The Kier molecular flexibility index (Phi) is 11.2. The number of carbonyl (C=O) groups is 1. The van der Waals surface area contributed by atoms with Gasteiger partial charge >= 0.3 is 6.03 Å². The van der Waals surface area contributed by atoms with E-state index in [1.54, 1.807) is 0 Å². The van der Waals surface area contributed by atoms with Crippen molar-refractivity contribution in [3.63, 3.8) is 0 Å². The Hall–Kier alpha value is -1.51. The van der Waals surface area contributed by atoms with E-state index in [-0.39, 0.29) is 36.0 Å². The van der Waals surface area contributed by atoms with Crippen molar-refractivity contribution in [3.05, 3.63) is 29.8 Å². The van der Waals surface area contributed by atoms with Crippen LogP contribution in [0, 0.1) is 0 Å². The lowest BCUT2D eigenvalue weighted by molar-refractivity contribution is 0.250. The van der Waals surface area contributed by atoms with Crippen molar-refractivity contribution in [2.75, 3.05) is 11.9 Å². The molecular formula is C20H34IN5O. The molecule has 1 aromatic carbocycles. The summed E-state index contributed by atoms with van der Waals surface area (Å²) < 4.78 is 0. The highest BCUT2D eigenvalue weighted by atomic mass is 127. The molecule has 0 saturated heterocycles. The Balaban J connectivity index is 0.00000364. The monoisotopic (exact) mass is 487 g/mol. The van der Waals surface area contributed by atoms with Crippen LogP contribution in [0.2, 0.25) is 0 Å². The van der Waals surface area contributed by atoms with E-state index in [9.17, 15) is 4.79 Å². The van der Waals surface area contributed by atoms with Gasteiger partial charge in [-0.2, -0.15) is 0 Å². The number of rotatable bonds is 6. The van der Waals surface area contributed by atoms with Gasteiger partial charge in [0.1, 0.15) is 0 Å². The molecule has 2 rings (SSSR count). The van der Waals surface area contributed by atoms with Gasteiger partial charge < -0.3 is 21.3 Å². The fourth-order valence-electron chi connectivity index (χ4n) is 3.05. The summed E-state index contributed by atoms with van der Waals surface area (Å²) in [7, 11) is 0. The predicted molar refractivity (Wildman–Crippen MR) is 124 cm³/mol. The van der Waals surface area contributed by atoms with E-state index in [1.807, 2.05) is 38.1 Å². The van der Waals surface area contributed by atoms with Gasteiger partial charge in [0.05, 0.1) is 6.54 Å². The highest BCUT2D eigenvalue weighted by molar-refractivity contribution is 14.0. The minimum Gasteiger partial charge on any atom is -0.357 e. The van der Waals surface area contributed by atoms with Crippen LogP contribution in [0.3, 0.4) is 0 Å². The molecule has 0 spiro atoms. The molecule has 2 amide bonds. The number of urea groups is 1. The van der Waals surface area contributed by atoms with E-state index in [2.05, 4.69) is 28.2 Å². The first kappa shape index (κ1) is 23.5. The van der Waals surface area contributed by atoms with Crippen LogP contribution in [0.4, 0.5) is 10.5 Å². The van der Waals surface area contributed by atoms with Crippen LogP contribution in [0.5, 0.6) is 0 Å². The Bertz CT molecular complexity index is 583. The van der Waals surface area contributed by atoms with E-state index < -0.39 is 0 Å². The number of hydrogen-bond donors (Lipinski definition) is 4. The van der Waals surface area contributed by atoms with Gasteiger partial charge in [0.15, 0.2) is 5.96 Å². The van der Waals surface area contributed by atoms with Crippen molar-refractivity contribution in [1.82, 2.24) is 16.0 Å². The zero-order chi connectivity index (χ0) is 18.8. The maximum Gasteiger partial charge on any atom is 0.319 e. The first-order valence-electron chi connectivity index (χ1n) is 9.78. The molecule has 0 bridgehead atoms. The van der Waals surface area contributed by atoms with E-state index in [0.717, 1.165) is 23.8 Å². The molecule has 0 heterocycles. The summed E-state index contributed by atoms with van der Waals surface area (Å²) in [5.74, 6) is 0.887. The third kappa shape index (κ3) is 9.30. The first-order chi connectivity index (χ1) is 12.6. The summed E-state index contributed by atoms with van der Waals surface area (Å²) in [6.07, 6.45) is 6.40. The van der Waals surface area contributed by atoms with Gasteiger partial charge in [-0.05, 0) is 51.3 Å². The van der Waals surface area contributed by atoms with Crippen molar-refractivity contribution in [3.8, 4) is 0 Å². The van der Waals surface area contributed by atoms with E-state index >= 15 is 0 Å². The maximum atomic E-state index is 11.7. The number of benzene rings is 1. The normalized spacial score (nSPS) is 15.0. The lowest BCUT2D eigenvalue weighted by Gasteiger charge is -2.24. The maximum absolute atomic E-state index is 11.7. The summed E-state index contributed by atoms with van der Waals surface area (Å²) in [6.45, 7) is 7.42.